The number of phosphoric ester groups is 2. The van der Waals surface area contributed by atoms with Gasteiger partial charge in [-0.25, -0.2) is 9.13 Å². The van der Waals surface area contributed by atoms with Gasteiger partial charge in [0.2, 0.25) is 0 Å². The number of aliphatic hydroxyl groups is 1. The topological polar surface area (TPSA) is 237 Å². The summed E-state index contributed by atoms with van der Waals surface area (Å²) in [5.74, 6) is 0.929. The second-order valence-corrected chi connectivity index (χ2v) is 30.3. The first-order chi connectivity index (χ1) is 43.7. The van der Waals surface area contributed by atoms with Crippen LogP contribution in [0.1, 0.15) is 357 Å². The molecule has 7 atom stereocenters. The van der Waals surface area contributed by atoms with Crippen molar-refractivity contribution in [1.29, 1.82) is 0 Å². The van der Waals surface area contributed by atoms with E-state index in [9.17, 15) is 43.2 Å². The molecule has 91 heavy (non-hydrogen) atoms. The predicted molar refractivity (Wildman–Crippen MR) is 367 cm³/mol. The Hall–Kier alpha value is -1.94. The van der Waals surface area contributed by atoms with Crippen molar-refractivity contribution in [3.63, 3.8) is 0 Å². The molecule has 0 saturated heterocycles. The largest absolute Gasteiger partial charge is 0.472 e. The van der Waals surface area contributed by atoms with Crippen LogP contribution in [0.25, 0.3) is 0 Å². The van der Waals surface area contributed by atoms with Gasteiger partial charge in [0, 0.05) is 25.7 Å². The number of unbranched alkanes of at least 4 members (excludes halogenated alkanes) is 33. The van der Waals surface area contributed by atoms with Gasteiger partial charge in [0.25, 0.3) is 0 Å². The van der Waals surface area contributed by atoms with Crippen molar-refractivity contribution in [3.8, 4) is 0 Å². The lowest BCUT2D eigenvalue weighted by molar-refractivity contribution is -0.161. The standard InChI is InChI=1S/C72H140O17P2/c1-9-64(7)50-42-34-25-19-14-16-22-28-38-46-54-71(76)88-67(58-82-69(74)52-44-36-27-21-13-11-12-18-24-32-40-48-62(3)4)60-86-90(78,79)84-56-66(73)57-85-91(80,81)87-61-68(59-83-70(75)53-45-37-31-30-33-41-49-63(5)6)89-72(77)55-47-39-29-23-17-15-20-26-35-43-51-65(8)10-2/h62-68,73H,9-61H2,1-8H3,(H,78,79)(H,80,81)/t64?,65?,66-,67-,68-/m1/s1. The van der Waals surface area contributed by atoms with Crippen LogP contribution in [-0.2, 0) is 65.4 Å². The fourth-order valence-electron chi connectivity index (χ4n) is 10.8. The van der Waals surface area contributed by atoms with Gasteiger partial charge < -0.3 is 33.8 Å². The third-order valence-electron chi connectivity index (χ3n) is 17.3. The van der Waals surface area contributed by atoms with Gasteiger partial charge in [0.05, 0.1) is 26.4 Å². The number of aliphatic hydroxyl groups excluding tert-OH is 1. The van der Waals surface area contributed by atoms with E-state index in [1.165, 1.54) is 154 Å². The van der Waals surface area contributed by atoms with Crippen molar-refractivity contribution in [2.45, 2.75) is 375 Å². The molecule has 4 unspecified atom stereocenters. The molecule has 19 heteroatoms. The van der Waals surface area contributed by atoms with Crippen LogP contribution in [0.3, 0.4) is 0 Å². The quantitative estimate of drug-likeness (QED) is 0.0222. The number of carbonyl (C=O) groups excluding carboxylic acids is 4. The number of hydrogen-bond donors (Lipinski definition) is 3. The fraction of sp³-hybridized carbons (Fsp3) is 0.944. The molecular formula is C72H140O17P2. The predicted octanol–water partition coefficient (Wildman–Crippen LogP) is 20.5. The summed E-state index contributed by atoms with van der Waals surface area (Å²) >= 11 is 0. The lowest BCUT2D eigenvalue weighted by atomic mass is 9.99. The SMILES string of the molecule is CCC(C)CCCCCCCCCCCCC(=O)O[C@H](COC(=O)CCCCCCCCCCCCCC(C)C)COP(=O)(O)OC[C@@H](O)COP(=O)(O)OC[C@@H](COC(=O)CCCCCCCCC(C)C)OC(=O)CCCCCCCCCCCCC(C)CC. The smallest absolute Gasteiger partial charge is 0.462 e. The third-order valence-corrected chi connectivity index (χ3v) is 19.2. The maximum Gasteiger partial charge on any atom is 0.472 e. The molecule has 540 valence electrons. The second kappa shape index (κ2) is 61.6. The van der Waals surface area contributed by atoms with Crippen molar-refractivity contribution in [2.75, 3.05) is 39.6 Å². The van der Waals surface area contributed by atoms with Crippen LogP contribution < -0.4 is 0 Å². The van der Waals surface area contributed by atoms with Gasteiger partial charge in [-0.3, -0.25) is 37.3 Å². The minimum Gasteiger partial charge on any atom is -0.462 e. The molecule has 0 saturated carbocycles. The molecule has 0 radical (unpaired) electrons. The van der Waals surface area contributed by atoms with Crippen molar-refractivity contribution in [1.82, 2.24) is 0 Å². The minimum absolute atomic E-state index is 0.105. The lowest BCUT2D eigenvalue weighted by Gasteiger charge is -2.21. The number of hydrogen-bond acceptors (Lipinski definition) is 15. The first kappa shape index (κ1) is 89.1. The fourth-order valence-corrected chi connectivity index (χ4v) is 12.4. The molecule has 0 aliphatic carbocycles. The summed E-state index contributed by atoms with van der Waals surface area (Å²) in [7, 11) is -9.91. The molecular weight excluding hydrogens is 1200 g/mol. The maximum atomic E-state index is 13.0. The average molecular weight is 1340 g/mol. The summed E-state index contributed by atoms with van der Waals surface area (Å²) < 4.78 is 68.4. The summed E-state index contributed by atoms with van der Waals surface area (Å²) in [5.41, 5.74) is 0. The lowest BCUT2D eigenvalue weighted by Crippen LogP contribution is -2.30. The van der Waals surface area contributed by atoms with Gasteiger partial charge in [-0.1, -0.05) is 306 Å². The zero-order valence-corrected chi connectivity index (χ0v) is 61.3. The minimum atomic E-state index is -4.95. The molecule has 0 heterocycles. The van der Waals surface area contributed by atoms with Gasteiger partial charge in [-0.15, -0.1) is 0 Å². The summed E-state index contributed by atoms with van der Waals surface area (Å²) in [5, 5.41) is 10.6. The van der Waals surface area contributed by atoms with Crippen molar-refractivity contribution >= 4 is 39.5 Å². The molecule has 0 amide bonds. The number of rotatable bonds is 69. The van der Waals surface area contributed by atoms with Gasteiger partial charge in [0.1, 0.15) is 19.3 Å². The number of esters is 4. The zero-order chi connectivity index (χ0) is 67.5. The Morgan fingerprint density at radius 2 is 0.527 bits per heavy atom. The van der Waals surface area contributed by atoms with E-state index < -0.39 is 97.5 Å². The molecule has 0 aliphatic heterocycles. The summed E-state index contributed by atoms with van der Waals surface area (Å²) in [6.07, 6.45) is 44.4. The van der Waals surface area contributed by atoms with E-state index in [0.29, 0.717) is 31.6 Å². The average Bonchev–Trinajstić information content (AvgIpc) is 2.99. The molecule has 0 aromatic rings. The molecule has 0 rings (SSSR count). The Bertz CT molecular complexity index is 1800. The maximum absolute atomic E-state index is 13.0. The monoisotopic (exact) mass is 1340 g/mol. The highest BCUT2D eigenvalue weighted by atomic mass is 31.2. The van der Waals surface area contributed by atoms with E-state index in [1.807, 2.05) is 0 Å². The third kappa shape index (κ3) is 63.9. The molecule has 17 nitrogen and oxygen atoms in total. The summed E-state index contributed by atoms with van der Waals surface area (Å²) in [4.78, 5) is 72.6. The van der Waals surface area contributed by atoms with Crippen LogP contribution in [0.5, 0.6) is 0 Å². The Morgan fingerprint density at radius 1 is 0.308 bits per heavy atom. The normalized spacial score (nSPS) is 14.8. The van der Waals surface area contributed by atoms with E-state index in [4.69, 9.17) is 37.0 Å². The summed E-state index contributed by atoms with van der Waals surface area (Å²) in [6.45, 7) is 14.1. The van der Waals surface area contributed by atoms with Gasteiger partial charge in [0.15, 0.2) is 12.2 Å². The number of phosphoric acid groups is 2. The van der Waals surface area contributed by atoms with E-state index >= 15 is 0 Å². The van der Waals surface area contributed by atoms with Crippen LogP contribution in [0.2, 0.25) is 0 Å². The molecule has 0 bridgehead atoms. The van der Waals surface area contributed by atoms with E-state index in [2.05, 4.69) is 55.4 Å². The Labute approximate surface area is 556 Å². The molecule has 0 aromatic carbocycles. The molecule has 0 aliphatic rings. The Kier molecular flexibility index (Phi) is 60.3. The molecule has 0 spiro atoms. The first-order valence-electron chi connectivity index (χ1n) is 37.3. The van der Waals surface area contributed by atoms with Crippen LogP contribution in [0, 0.1) is 23.7 Å². The van der Waals surface area contributed by atoms with E-state index in [-0.39, 0.29) is 25.7 Å². The second-order valence-electron chi connectivity index (χ2n) is 27.4. The number of carbonyl (C=O) groups is 4. The van der Waals surface area contributed by atoms with Crippen molar-refractivity contribution in [3.05, 3.63) is 0 Å². The van der Waals surface area contributed by atoms with Gasteiger partial charge in [-0.2, -0.15) is 0 Å². The highest BCUT2D eigenvalue weighted by Gasteiger charge is 2.30. The van der Waals surface area contributed by atoms with Crippen molar-refractivity contribution in [2.24, 2.45) is 23.7 Å². The van der Waals surface area contributed by atoms with Crippen LogP contribution in [0.4, 0.5) is 0 Å². The summed E-state index contributed by atoms with van der Waals surface area (Å²) in [6, 6.07) is 0. The van der Waals surface area contributed by atoms with E-state index in [1.54, 1.807) is 0 Å². The number of ether oxygens (including phenoxy) is 4. The van der Waals surface area contributed by atoms with E-state index in [0.717, 1.165) is 114 Å². The van der Waals surface area contributed by atoms with Crippen LogP contribution in [-0.4, -0.2) is 96.7 Å². The first-order valence-corrected chi connectivity index (χ1v) is 40.3. The van der Waals surface area contributed by atoms with Crippen molar-refractivity contribution < 1.29 is 80.2 Å². The Balaban J connectivity index is 5.26. The highest BCUT2D eigenvalue weighted by Crippen LogP contribution is 2.45. The molecule has 3 N–H and O–H groups in total. The van der Waals surface area contributed by atoms with Gasteiger partial charge >= 0.3 is 39.5 Å². The highest BCUT2D eigenvalue weighted by molar-refractivity contribution is 7.47. The zero-order valence-electron chi connectivity index (χ0n) is 59.5. The molecule has 0 fully saturated rings. The molecule has 0 aromatic heterocycles. The van der Waals surface area contributed by atoms with Gasteiger partial charge in [-0.05, 0) is 49.4 Å². The Morgan fingerprint density at radius 3 is 0.780 bits per heavy atom. The van der Waals surface area contributed by atoms with Crippen LogP contribution >= 0.6 is 15.6 Å². The van der Waals surface area contributed by atoms with Crippen LogP contribution in [0.15, 0.2) is 0 Å².